The quantitative estimate of drug-likeness (QED) is 0.391. The average Bonchev–Trinajstić information content (AvgIpc) is 3.32. The summed E-state index contributed by atoms with van der Waals surface area (Å²) in [5.74, 6) is 0.0541. The summed E-state index contributed by atoms with van der Waals surface area (Å²) in [6, 6.07) is 25.8. The normalized spacial score (nSPS) is 10.5. The maximum Gasteiger partial charge on any atom is 0.277 e. The molecular formula is C24H20N4O3S. The van der Waals surface area contributed by atoms with E-state index in [0.717, 1.165) is 17.3 Å². The van der Waals surface area contributed by atoms with Gasteiger partial charge in [0, 0.05) is 12.1 Å². The lowest BCUT2D eigenvalue weighted by Gasteiger charge is -2.08. The molecule has 4 aromatic rings. The molecule has 0 aliphatic heterocycles. The van der Waals surface area contributed by atoms with E-state index in [0.29, 0.717) is 23.4 Å². The topological polar surface area (TPSA) is 97.1 Å². The number of rotatable bonds is 8. The van der Waals surface area contributed by atoms with Crippen LogP contribution in [0.2, 0.25) is 0 Å². The van der Waals surface area contributed by atoms with E-state index >= 15 is 0 Å². The molecule has 0 aliphatic rings. The third-order valence-electron chi connectivity index (χ3n) is 4.51. The monoisotopic (exact) mass is 444 g/mol. The van der Waals surface area contributed by atoms with Gasteiger partial charge in [-0.15, -0.1) is 10.2 Å². The van der Waals surface area contributed by atoms with Gasteiger partial charge in [0.05, 0.1) is 17.0 Å². The molecule has 1 heterocycles. The van der Waals surface area contributed by atoms with Gasteiger partial charge in [-0.05, 0) is 29.8 Å². The van der Waals surface area contributed by atoms with E-state index in [1.807, 2.05) is 48.5 Å². The fourth-order valence-electron chi connectivity index (χ4n) is 2.91. The zero-order chi connectivity index (χ0) is 22.2. The van der Waals surface area contributed by atoms with Gasteiger partial charge < -0.3 is 15.1 Å². The van der Waals surface area contributed by atoms with Crippen LogP contribution in [0.3, 0.4) is 0 Å². The number of benzene rings is 3. The number of amides is 2. The van der Waals surface area contributed by atoms with Gasteiger partial charge in [-0.3, -0.25) is 9.59 Å². The second-order valence-electron chi connectivity index (χ2n) is 6.79. The lowest BCUT2D eigenvalue weighted by atomic mass is 10.1. The molecule has 0 aliphatic carbocycles. The Morgan fingerprint density at radius 2 is 1.53 bits per heavy atom. The second-order valence-corrected chi connectivity index (χ2v) is 7.72. The van der Waals surface area contributed by atoms with Crippen molar-refractivity contribution >= 4 is 29.3 Å². The molecule has 0 radical (unpaired) electrons. The molecule has 1 aromatic heterocycles. The zero-order valence-corrected chi connectivity index (χ0v) is 17.8. The molecule has 0 unspecified atom stereocenters. The summed E-state index contributed by atoms with van der Waals surface area (Å²) in [6.45, 7) is 0.462. The van der Waals surface area contributed by atoms with Crippen molar-refractivity contribution in [1.29, 1.82) is 0 Å². The highest BCUT2D eigenvalue weighted by atomic mass is 32.2. The standard InChI is InChI=1S/C24H20N4O3S/c29-21(25-15-17-9-3-1-4-10-17)16-32-24-28-27-23(31-24)19-13-7-8-14-20(19)26-22(30)18-11-5-2-6-12-18/h1-14H,15-16H2,(H,25,29)(H,26,30). The number of hydrogen-bond donors (Lipinski definition) is 2. The fourth-order valence-corrected chi connectivity index (χ4v) is 3.51. The van der Waals surface area contributed by atoms with Crippen LogP contribution < -0.4 is 10.6 Å². The maximum absolute atomic E-state index is 12.5. The molecule has 0 saturated heterocycles. The summed E-state index contributed by atoms with van der Waals surface area (Å²) in [4.78, 5) is 24.6. The van der Waals surface area contributed by atoms with Crippen LogP contribution in [-0.2, 0) is 11.3 Å². The Morgan fingerprint density at radius 1 is 0.844 bits per heavy atom. The van der Waals surface area contributed by atoms with E-state index in [1.165, 1.54) is 0 Å². The number of carbonyl (C=O) groups excluding carboxylic acids is 2. The Bertz CT molecular complexity index is 1200. The molecule has 2 amide bonds. The van der Waals surface area contributed by atoms with E-state index in [-0.39, 0.29) is 28.7 Å². The van der Waals surface area contributed by atoms with Gasteiger partial charge in [0.15, 0.2) is 0 Å². The smallest absolute Gasteiger partial charge is 0.277 e. The van der Waals surface area contributed by atoms with Crippen molar-refractivity contribution in [2.45, 2.75) is 11.8 Å². The Hall–Kier alpha value is -3.91. The van der Waals surface area contributed by atoms with Crippen LogP contribution in [0, 0.1) is 0 Å². The van der Waals surface area contributed by atoms with Crippen molar-refractivity contribution in [2.75, 3.05) is 11.1 Å². The third-order valence-corrected chi connectivity index (χ3v) is 5.33. The van der Waals surface area contributed by atoms with Crippen LogP contribution in [0.5, 0.6) is 0 Å². The number of anilines is 1. The summed E-state index contributed by atoms with van der Waals surface area (Å²) in [5.41, 5.74) is 2.73. The number of nitrogens with one attached hydrogen (secondary N) is 2. The van der Waals surface area contributed by atoms with Crippen molar-refractivity contribution < 1.29 is 14.0 Å². The second kappa shape index (κ2) is 10.4. The molecule has 8 heteroatoms. The van der Waals surface area contributed by atoms with Gasteiger partial charge in [0.2, 0.25) is 5.91 Å². The van der Waals surface area contributed by atoms with Gasteiger partial charge in [-0.25, -0.2) is 0 Å². The van der Waals surface area contributed by atoms with E-state index in [9.17, 15) is 9.59 Å². The molecule has 160 valence electrons. The molecular weight excluding hydrogens is 424 g/mol. The Labute approximate surface area is 189 Å². The molecule has 0 bridgehead atoms. The number of carbonyl (C=O) groups is 2. The van der Waals surface area contributed by atoms with E-state index in [4.69, 9.17) is 4.42 Å². The minimum absolute atomic E-state index is 0.130. The molecule has 0 spiro atoms. The van der Waals surface area contributed by atoms with Crippen LogP contribution in [-0.4, -0.2) is 27.8 Å². The van der Waals surface area contributed by atoms with Crippen LogP contribution >= 0.6 is 11.8 Å². The SMILES string of the molecule is O=C(CSc1nnc(-c2ccccc2NC(=O)c2ccccc2)o1)NCc1ccccc1. The predicted molar refractivity (Wildman–Crippen MR) is 123 cm³/mol. The molecule has 7 nitrogen and oxygen atoms in total. The van der Waals surface area contributed by atoms with Gasteiger partial charge in [-0.1, -0.05) is 72.4 Å². The molecule has 0 fully saturated rings. The van der Waals surface area contributed by atoms with Gasteiger partial charge >= 0.3 is 0 Å². The van der Waals surface area contributed by atoms with Gasteiger partial charge in [-0.2, -0.15) is 0 Å². The van der Waals surface area contributed by atoms with Gasteiger partial charge in [0.1, 0.15) is 0 Å². The maximum atomic E-state index is 12.5. The van der Waals surface area contributed by atoms with Crippen LogP contribution in [0.1, 0.15) is 15.9 Å². The molecule has 4 rings (SSSR count). The average molecular weight is 445 g/mol. The van der Waals surface area contributed by atoms with Crippen molar-refractivity contribution in [3.63, 3.8) is 0 Å². The lowest BCUT2D eigenvalue weighted by molar-refractivity contribution is -0.118. The van der Waals surface area contributed by atoms with Crippen LogP contribution in [0.25, 0.3) is 11.5 Å². The summed E-state index contributed by atoms with van der Waals surface area (Å²) in [5, 5.41) is 14.1. The molecule has 32 heavy (non-hydrogen) atoms. The summed E-state index contributed by atoms with van der Waals surface area (Å²) >= 11 is 1.16. The molecule has 0 saturated carbocycles. The first-order valence-electron chi connectivity index (χ1n) is 9.92. The predicted octanol–water partition coefficient (Wildman–Crippen LogP) is 4.40. The van der Waals surface area contributed by atoms with Gasteiger partial charge in [0.25, 0.3) is 17.0 Å². The minimum Gasteiger partial charge on any atom is -0.411 e. The highest BCUT2D eigenvalue weighted by Gasteiger charge is 2.16. The molecule has 0 atom stereocenters. The number of thioether (sulfide) groups is 1. The minimum atomic E-state index is -0.234. The number of para-hydroxylation sites is 1. The van der Waals surface area contributed by atoms with E-state index < -0.39 is 0 Å². The number of aromatic nitrogens is 2. The lowest BCUT2D eigenvalue weighted by Crippen LogP contribution is -2.24. The Balaban J connectivity index is 1.37. The first-order valence-corrected chi connectivity index (χ1v) is 10.9. The van der Waals surface area contributed by atoms with E-state index in [1.54, 1.807) is 36.4 Å². The molecule has 3 aromatic carbocycles. The van der Waals surface area contributed by atoms with Crippen molar-refractivity contribution in [1.82, 2.24) is 15.5 Å². The highest BCUT2D eigenvalue weighted by Crippen LogP contribution is 2.29. The van der Waals surface area contributed by atoms with Crippen molar-refractivity contribution in [3.8, 4) is 11.5 Å². The summed E-state index contributed by atoms with van der Waals surface area (Å²) in [6.07, 6.45) is 0. The Kier molecular flexibility index (Phi) is 6.94. The van der Waals surface area contributed by atoms with E-state index in [2.05, 4.69) is 20.8 Å². The Morgan fingerprint density at radius 3 is 2.31 bits per heavy atom. The summed E-state index contributed by atoms with van der Waals surface area (Å²) in [7, 11) is 0. The van der Waals surface area contributed by atoms with Crippen LogP contribution in [0.15, 0.2) is 94.6 Å². The summed E-state index contributed by atoms with van der Waals surface area (Å²) < 4.78 is 5.72. The first kappa shape index (κ1) is 21.3. The highest BCUT2D eigenvalue weighted by molar-refractivity contribution is 7.99. The zero-order valence-electron chi connectivity index (χ0n) is 17.0. The number of hydrogen-bond acceptors (Lipinski definition) is 6. The van der Waals surface area contributed by atoms with Crippen molar-refractivity contribution in [3.05, 3.63) is 96.1 Å². The number of nitrogens with zero attached hydrogens (tertiary/aromatic N) is 2. The van der Waals surface area contributed by atoms with Crippen LogP contribution in [0.4, 0.5) is 5.69 Å². The third kappa shape index (κ3) is 5.61. The molecule has 2 N–H and O–H groups in total. The first-order chi connectivity index (χ1) is 15.7. The largest absolute Gasteiger partial charge is 0.411 e. The fraction of sp³-hybridized carbons (Fsp3) is 0.0833. The van der Waals surface area contributed by atoms with Crippen molar-refractivity contribution in [2.24, 2.45) is 0 Å².